The van der Waals surface area contributed by atoms with Crippen molar-refractivity contribution < 1.29 is 13.9 Å². The van der Waals surface area contributed by atoms with E-state index in [9.17, 15) is 0 Å². The van der Waals surface area contributed by atoms with E-state index >= 15 is 0 Å². The molecular formula is C44H25BO3. The van der Waals surface area contributed by atoms with Gasteiger partial charge in [-0.1, -0.05) is 109 Å². The first-order valence-corrected chi connectivity index (χ1v) is 16.4. The van der Waals surface area contributed by atoms with Crippen LogP contribution in [0.15, 0.2) is 156 Å². The highest BCUT2D eigenvalue weighted by Gasteiger charge is 2.39. The molecule has 11 rings (SSSR count). The van der Waals surface area contributed by atoms with Crippen molar-refractivity contribution in [1.82, 2.24) is 0 Å². The molecular weight excluding hydrogens is 587 g/mol. The number of hydrogen-bond donors (Lipinski definition) is 0. The molecule has 0 radical (unpaired) electrons. The lowest BCUT2D eigenvalue weighted by molar-refractivity contribution is 0.464. The highest BCUT2D eigenvalue weighted by atomic mass is 16.5. The normalized spacial score (nSPS) is 12.9. The Labute approximate surface area is 276 Å². The molecule has 3 nitrogen and oxygen atoms in total. The summed E-state index contributed by atoms with van der Waals surface area (Å²) in [6.07, 6.45) is 0. The summed E-state index contributed by atoms with van der Waals surface area (Å²) in [4.78, 5) is 0. The van der Waals surface area contributed by atoms with E-state index in [0.717, 1.165) is 66.9 Å². The van der Waals surface area contributed by atoms with Crippen molar-refractivity contribution in [3.8, 4) is 45.3 Å². The Morgan fingerprint density at radius 3 is 1.60 bits per heavy atom. The van der Waals surface area contributed by atoms with E-state index in [2.05, 4.69) is 121 Å². The summed E-state index contributed by atoms with van der Waals surface area (Å²) in [7, 11) is 0. The number of fused-ring (bicyclic) bond motifs is 9. The average Bonchev–Trinajstić information content (AvgIpc) is 3.51. The van der Waals surface area contributed by atoms with E-state index in [-0.39, 0.29) is 6.71 Å². The lowest BCUT2D eigenvalue weighted by atomic mass is 9.35. The van der Waals surface area contributed by atoms with Gasteiger partial charge in [-0.2, -0.15) is 0 Å². The maximum absolute atomic E-state index is 6.70. The molecule has 4 heteroatoms. The van der Waals surface area contributed by atoms with Crippen LogP contribution in [0, 0.1) is 0 Å². The number of rotatable bonds is 2. The summed E-state index contributed by atoms with van der Waals surface area (Å²) in [5, 5.41) is 7.10. The lowest BCUT2D eigenvalue weighted by Crippen LogP contribution is -2.57. The molecule has 0 atom stereocenters. The minimum Gasteiger partial charge on any atom is -0.458 e. The van der Waals surface area contributed by atoms with Crippen LogP contribution in [0.2, 0.25) is 0 Å². The maximum atomic E-state index is 6.70. The topological polar surface area (TPSA) is 31.6 Å². The molecule has 48 heavy (non-hydrogen) atoms. The van der Waals surface area contributed by atoms with Gasteiger partial charge >= 0.3 is 0 Å². The number of furan rings is 1. The van der Waals surface area contributed by atoms with Crippen LogP contribution < -0.4 is 25.9 Å². The molecule has 2 aliphatic rings. The molecule has 0 N–H and O–H groups in total. The molecule has 1 aromatic heterocycles. The summed E-state index contributed by atoms with van der Waals surface area (Å²) in [5.41, 5.74) is 9.96. The van der Waals surface area contributed by atoms with Gasteiger partial charge in [0.05, 0.1) is 0 Å². The van der Waals surface area contributed by atoms with Gasteiger partial charge < -0.3 is 13.9 Å². The summed E-state index contributed by atoms with van der Waals surface area (Å²) in [5.74, 6) is 3.50. The predicted molar refractivity (Wildman–Crippen MR) is 197 cm³/mol. The Morgan fingerprint density at radius 2 is 0.875 bits per heavy atom. The Morgan fingerprint density at radius 1 is 0.354 bits per heavy atom. The third kappa shape index (κ3) is 3.54. The van der Waals surface area contributed by atoms with Crippen molar-refractivity contribution in [2.24, 2.45) is 0 Å². The highest BCUT2D eigenvalue weighted by Crippen LogP contribution is 2.46. The molecule has 0 fully saturated rings. The summed E-state index contributed by atoms with van der Waals surface area (Å²) >= 11 is 0. The van der Waals surface area contributed by atoms with Gasteiger partial charge in [0.1, 0.15) is 34.2 Å². The van der Waals surface area contributed by atoms with E-state index in [1.54, 1.807) is 0 Å². The van der Waals surface area contributed by atoms with E-state index in [1.807, 2.05) is 30.3 Å². The third-order valence-corrected chi connectivity index (χ3v) is 10.2. The van der Waals surface area contributed by atoms with Gasteiger partial charge in [0, 0.05) is 16.2 Å². The van der Waals surface area contributed by atoms with Gasteiger partial charge in [0.2, 0.25) is 0 Å². The monoisotopic (exact) mass is 612 g/mol. The van der Waals surface area contributed by atoms with Crippen LogP contribution in [0.5, 0.6) is 23.0 Å². The lowest BCUT2D eigenvalue weighted by Gasteiger charge is -2.33. The summed E-state index contributed by atoms with van der Waals surface area (Å²) < 4.78 is 19.2. The number of para-hydroxylation sites is 2. The standard InChI is InChI=1S/C44H25BO3/c1-3-13-31-29(11-1)42(26-21-23-37-33(24-26)28-10-5-7-16-36(28)46-37)30-12-2-4-14-32(30)43(31)27-20-22-35-41(25-27)48-40-19-9-18-39-44(40)45(35)34-15-6-8-17-38(34)47-39/h1-25H. The first-order chi connectivity index (χ1) is 23.8. The van der Waals surface area contributed by atoms with Gasteiger partial charge in [-0.15, -0.1) is 0 Å². The van der Waals surface area contributed by atoms with E-state index < -0.39 is 0 Å². The molecule has 2 aliphatic heterocycles. The minimum absolute atomic E-state index is 0.0451. The van der Waals surface area contributed by atoms with Crippen molar-refractivity contribution in [3.63, 3.8) is 0 Å². The predicted octanol–water partition coefficient (Wildman–Crippen LogP) is 9.95. The van der Waals surface area contributed by atoms with Crippen LogP contribution >= 0.6 is 0 Å². The van der Waals surface area contributed by atoms with Crippen molar-refractivity contribution in [1.29, 1.82) is 0 Å². The Hall–Kier alpha value is -6.26. The van der Waals surface area contributed by atoms with Crippen LogP contribution in [0.4, 0.5) is 0 Å². The van der Waals surface area contributed by atoms with Gasteiger partial charge in [0.15, 0.2) is 0 Å². The zero-order chi connectivity index (χ0) is 31.3. The fourth-order valence-corrected chi connectivity index (χ4v) is 8.16. The molecule has 0 saturated heterocycles. The minimum atomic E-state index is 0.0451. The molecule has 0 saturated carbocycles. The molecule has 0 spiro atoms. The molecule has 222 valence electrons. The van der Waals surface area contributed by atoms with Crippen molar-refractivity contribution in [2.45, 2.75) is 0 Å². The first kappa shape index (κ1) is 25.9. The average molecular weight is 612 g/mol. The number of hydrogen-bond acceptors (Lipinski definition) is 3. The SMILES string of the molecule is c1ccc2c(c1)Oc1cccc3c1B2c1ccc(-c2c4ccccc4c(-c4ccc5oc6ccccc6c5c4)c4ccccc24)cc1O3. The second-order valence-electron chi connectivity index (χ2n) is 12.7. The Balaban J connectivity index is 1.15. The van der Waals surface area contributed by atoms with Crippen molar-refractivity contribution in [3.05, 3.63) is 152 Å². The maximum Gasteiger partial charge on any atom is 0.260 e. The zero-order valence-electron chi connectivity index (χ0n) is 25.7. The molecule has 0 aliphatic carbocycles. The van der Waals surface area contributed by atoms with Crippen molar-refractivity contribution in [2.75, 3.05) is 0 Å². The molecule has 0 amide bonds. The number of benzene rings is 8. The Kier molecular flexibility index (Phi) is 5.19. The quantitative estimate of drug-likeness (QED) is 0.144. The molecule has 8 aromatic carbocycles. The smallest absolute Gasteiger partial charge is 0.260 e. The van der Waals surface area contributed by atoms with Crippen LogP contribution in [0.1, 0.15) is 0 Å². The first-order valence-electron chi connectivity index (χ1n) is 16.4. The fourth-order valence-electron chi connectivity index (χ4n) is 8.16. The van der Waals surface area contributed by atoms with Gasteiger partial charge in [-0.3, -0.25) is 0 Å². The highest BCUT2D eigenvalue weighted by molar-refractivity contribution is 6.98. The van der Waals surface area contributed by atoms with Crippen molar-refractivity contribution >= 4 is 66.6 Å². The van der Waals surface area contributed by atoms with E-state index in [4.69, 9.17) is 13.9 Å². The van der Waals surface area contributed by atoms with Gasteiger partial charge in [0.25, 0.3) is 6.71 Å². The van der Waals surface area contributed by atoms with Crippen LogP contribution in [0.3, 0.4) is 0 Å². The molecule has 0 unspecified atom stereocenters. The second-order valence-corrected chi connectivity index (χ2v) is 12.7. The van der Waals surface area contributed by atoms with Gasteiger partial charge in [-0.05, 0) is 97.2 Å². The zero-order valence-corrected chi connectivity index (χ0v) is 25.7. The molecule has 3 heterocycles. The summed E-state index contributed by atoms with van der Waals surface area (Å²) in [6, 6.07) is 53.7. The van der Waals surface area contributed by atoms with Crippen LogP contribution in [0.25, 0.3) is 65.7 Å². The summed E-state index contributed by atoms with van der Waals surface area (Å²) in [6.45, 7) is 0.0451. The van der Waals surface area contributed by atoms with Crippen LogP contribution in [-0.2, 0) is 0 Å². The molecule has 9 aromatic rings. The van der Waals surface area contributed by atoms with E-state index in [0.29, 0.717) is 0 Å². The largest absolute Gasteiger partial charge is 0.458 e. The Bertz CT molecular complexity index is 2750. The van der Waals surface area contributed by atoms with Gasteiger partial charge in [-0.25, -0.2) is 0 Å². The molecule has 0 bridgehead atoms. The fraction of sp³-hybridized carbons (Fsp3) is 0. The van der Waals surface area contributed by atoms with E-state index in [1.165, 1.54) is 38.2 Å². The third-order valence-electron chi connectivity index (χ3n) is 10.2. The number of ether oxygens (including phenoxy) is 2. The van der Waals surface area contributed by atoms with Crippen LogP contribution in [-0.4, -0.2) is 6.71 Å². The second kappa shape index (κ2) is 9.63.